The molecule has 0 amide bonds. The largest absolute Gasteiger partial charge is 0.364 e. The number of nitrogens with one attached hydrogen (secondary N) is 1. The van der Waals surface area contributed by atoms with E-state index in [1.807, 2.05) is 6.07 Å². The van der Waals surface area contributed by atoms with Crippen molar-refractivity contribution < 1.29 is 8.78 Å². The Bertz CT molecular complexity index is 1160. The van der Waals surface area contributed by atoms with Gasteiger partial charge < -0.3 is 10.2 Å². The molecule has 1 aromatic heterocycles. The van der Waals surface area contributed by atoms with Gasteiger partial charge in [0.25, 0.3) is 0 Å². The van der Waals surface area contributed by atoms with Crippen molar-refractivity contribution in [2.75, 3.05) is 23.3 Å². The molecular formula is C24H23F2N5. The standard InChI is InChI=1S/C24H23F2N5/c25-18-3-2-17(20(26)13-18)11-15-7-9-31(10-8-15)24-23(28-19-4-5-19)29-21-6-1-16(14-27)12-22(21)30-24/h1-3,6,12-13,15,19H,4-5,7-11H2,(H,28,29). The van der Waals surface area contributed by atoms with Gasteiger partial charge in [0.2, 0.25) is 0 Å². The van der Waals surface area contributed by atoms with Crippen LogP contribution >= 0.6 is 0 Å². The lowest BCUT2D eigenvalue weighted by Gasteiger charge is -2.34. The van der Waals surface area contributed by atoms with Crippen LogP contribution in [0.4, 0.5) is 20.4 Å². The first kappa shape index (κ1) is 19.7. The molecule has 0 spiro atoms. The van der Waals surface area contributed by atoms with Gasteiger partial charge in [-0.3, -0.25) is 0 Å². The summed E-state index contributed by atoms with van der Waals surface area (Å²) in [5.74, 6) is 0.950. The maximum Gasteiger partial charge on any atom is 0.172 e. The van der Waals surface area contributed by atoms with Crippen molar-refractivity contribution in [2.45, 2.75) is 38.1 Å². The average Bonchev–Trinajstić information content (AvgIpc) is 3.59. The summed E-state index contributed by atoms with van der Waals surface area (Å²) in [4.78, 5) is 11.9. The molecule has 1 N–H and O–H groups in total. The minimum atomic E-state index is -0.541. The minimum Gasteiger partial charge on any atom is -0.364 e. The summed E-state index contributed by atoms with van der Waals surface area (Å²) < 4.78 is 27.2. The predicted octanol–water partition coefficient (Wildman–Crippen LogP) is 4.81. The Morgan fingerprint density at radius 3 is 2.52 bits per heavy atom. The molecule has 2 aromatic carbocycles. The topological polar surface area (TPSA) is 64.8 Å². The second kappa shape index (κ2) is 8.10. The third-order valence-corrected chi connectivity index (χ3v) is 6.13. The number of hydrogen-bond acceptors (Lipinski definition) is 5. The van der Waals surface area contributed by atoms with Gasteiger partial charge in [-0.1, -0.05) is 6.07 Å². The summed E-state index contributed by atoms with van der Waals surface area (Å²) >= 11 is 0. The molecule has 0 radical (unpaired) electrons. The summed E-state index contributed by atoms with van der Waals surface area (Å²) in [5, 5.41) is 12.7. The van der Waals surface area contributed by atoms with E-state index in [0.29, 0.717) is 35.0 Å². The molecule has 2 heterocycles. The lowest BCUT2D eigenvalue weighted by atomic mass is 9.90. The molecule has 1 saturated carbocycles. The van der Waals surface area contributed by atoms with E-state index in [1.165, 1.54) is 6.07 Å². The number of rotatable bonds is 5. The summed E-state index contributed by atoms with van der Waals surface area (Å²) in [6.07, 6.45) is 4.69. The molecule has 7 heteroatoms. The van der Waals surface area contributed by atoms with Gasteiger partial charge in [-0.25, -0.2) is 18.7 Å². The first-order valence-corrected chi connectivity index (χ1v) is 10.8. The Labute approximate surface area is 179 Å². The SMILES string of the molecule is N#Cc1ccc2nc(NC3CC3)c(N3CCC(Cc4ccc(F)cc4F)CC3)nc2c1. The van der Waals surface area contributed by atoms with E-state index in [2.05, 4.69) is 16.3 Å². The van der Waals surface area contributed by atoms with Crippen LogP contribution in [0.5, 0.6) is 0 Å². The van der Waals surface area contributed by atoms with Crippen LogP contribution in [-0.2, 0) is 6.42 Å². The molecule has 2 aliphatic rings. The number of fused-ring (bicyclic) bond motifs is 1. The second-order valence-corrected chi connectivity index (χ2v) is 8.50. The summed E-state index contributed by atoms with van der Waals surface area (Å²) in [5.41, 5.74) is 2.62. The van der Waals surface area contributed by atoms with Crippen molar-refractivity contribution in [1.82, 2.24) is 9.97 Å². The van der Waals surface area contributed by atoms with Gasteiger partial charge in [0, 0.05) is 25.2 Å². The van der Waals surface area contributed by atoms with Gasteiger partial charge in [-0.05, 0) is 67.9 Å². The predicted molar refractivity (Wildman–Crippen MR) is 116 cm³/mol. The number of nitriles is 1. The Morgan fingerprint density at radius 2 is 1.81 bits per heavy atom. The van der Waals surface area contributed by atoms with Crippen LogP contribution in [0.3, 0.4) is 0 Å². The highest BCUT2D eigenvalue weighted by Crippen LogP contribution is 2.33. The fraction of sp³-hybridized carbons (Fsp3) is 0.375. The van der Waals surface area contributed by atoms with Crippen LogP contribution in [0, 0.1) is 28.9 Å². The molecule has 0 atom stereocenters. The molecule has 31 heavy (non-hydrogen) atoms. The van der Waals surface area contributed by atoms with Crippen molar-refractivity contribution in [3.63, 3.8) is 0 Å². The quantitative estimate of drug-likeness (QED) is 0.643. The molecular weight excluding hydrogens is 396 g/mol. The lowest BCUT2D eigenvalue weighted by Crippen LogP contribution is -2.35. The number of benzene rings is 2. The van der Waals surface area contributed by atoms with Crippen molar-refractivity contribution >= 4 is 22.7 Å². The summed E-state index contributed by atoms with van der Waals surface area (Å²) in [6.45, 7) is 1.59. The third kappa shape index (κ3) is 4.29. The Hall–Kier alpha value is -3.27. The van der Waals surface area contributed by atoms with E-state index in [4.69, 9.17) is 9.97 Å². The molecule has 0 bridgehead atoms. The summed E-state index contributed by atoms with van der Waals surface area (Å²) in [6, 6.07) is 11.8. The molecule has 1 aliphatic carbocycles. The maximum atomic E-state index is 14.0. The van der Waals surface area contributed by atoms with Crippen LogP contribution in [-0.4, -0.2) is 29.1 Å². The van der Waals surface area contributed by atoms with E-state index >= 15 is 0 Å². The monoisotopic (exact) mass is 419 g/mol. The molecule has 1 aliphatic heterocycles. The van der Waals surface area contributed by atoms with Crippen LogP contribution in [0.25, 0.3) is 11.0 Å². The van der Waals surface area contributed by atoms with Gasteiger partial charge in [-0.2, -0.15) is 5.26 Å². The molecule has 158 valence electrons. The molecule has 5 rings (SSSR count). The van der Waals surface area contributed by atoms with Gasteiger partial charge in [0.05, 0.1) is 22.7 Å². The first-order valence-electron chi connectivity index (χ1n) is 10.8. The first-order chi connectivity index (χ1) is 15.1. The molecule has 1 saturated heterocycles. The Kier molecular flexibility index (Phi) is 5.14. The Morgan fingerprint density at radius 1 is 1.00 bits per heavy atom. The second-order valence-electron chi connectivity index (χ2n) is 8.50. The fourth-order valence-corrected chi connectivity index (χ4v) is 4.20. The van der Waals surface area contributed by atoms with Gasteiger partial charge in [-0.15, -0.1) is 0 Å². The van der Waals surface area contributed by atoms with E-state index in [0.717, 1.165) is 62.0 Å². The molecule has 0 unspecified atom stereocenters. The third-order valence-electron chi connectivity index (χ3n) is 6.13. The number of piperidine rings is 1. The van der Waals surface area contributed by atoms with Crippen LogP contribution in [0.15, 0.2) is 36.4 Å². The van der Waals surface area contributed by atoms with Crippen LogP contribution in [0.1, 0.15) is 36.8 Å². The highest BCUT2D eigenvalue weighted by Gasteiger charge is 2.27. The van der Waals surface area contributed by atoms with E-state index in [-0.39, 0.29) is 0 Å². The molecule has 3 aromatic rings. The van der Waals surface area contributed by atoms with Crippen molar-refractivity contribution in [3.8, 4) is 6.07 Å². The van der Waals surface area contributed by atoms with Crippen molar-refractivity contribution in [1.29, 1.82) is 5.26 Å². The lowest BCUT2D eigenvalue weighted by molar-refractivity contribution is 0.396. The normalized spacial score (nSPS) is 17.0. The van der Waals surface area contributed by atoms with E-state index in [1.54, 1.807) is 18.2 Å². The van der Waals surface area contributed by atoms with Crippen LogP contribution < -0.4 is 10.2 Å². The minimum absolute atomic E-state index is 0.342. The Balaban J connectivity index is 1.35. The van der Waals surface area contributed by atoms with Crippen molar-refractivity contribution in [3.05, 3.63) is 59.2 Å². The molecule has 2 fully saturated rings. The zero-order valence-corrected chi connectivity index (χ0v) is 17.1. The maximum absolute atomic E-state index is 14.0. The number of nitrogens with zero attached hydrogens (tertiary/aromatic N) is 4. The van der Waals surface area contributed by atoms with Gasteiger partial charge >= 0.3 is 0 Å². The van der Waals surface area contributed by atoms with Gasteiger partial charge in [0.1, 0.15) is 11.6 Å². The highest BCUT2D eigenvalue weighted by molar-refractivity contribution is 5.82. The van der Waals surface area contributed by atoms with Crippen LogP contribution in [0.2, 0.25) is 0 Å². The van der Waals surface area contributed by atoms with E-state index in [9.17, 15) is 14.0 Å². The van der Waals surface area contributed by atoms with E-state index < -0.39 is 11.6 Å². The number of halogens is 2. The smallest absolute Gasteiger partial charge is 0.172 e. The fourth-order valence-electron chi connectivity index (χ4n) is 4.20. The molecule has 5 nitrogen and oxygen atoms in total. The van der Waals surface area contributed by atoms with Crippen molar-refractivity contribution in [2.24, 2.45) is 5.92 Å². The number of anilines is 2. The number of aromatic nitrogens is 2. The van der Waals surface area contributed by atoms with Gasteiger partial charge in [0.15, 0.2) is 11.6 Å². The summed E-state index contributed by atoms with van der Waals surface area (Å²) in [7, 11) is 0. The number of hydrogen-bond donors (Lipinski definition) is 1. The zero-order valence-electron chi connectivity index (χ0n) is 17.1. The highest BCUT2D eigenvalue weighted by atomic mass is 19.1. The zero-order chi connectivity index (χ0) is 21.4. The average molecular weight is 419 g/mol.